The van der Waals surface area contributed by atoms with Crippen LogP contribution in [-0.2, 0) is 11.3 Å². The number of carbonyl (C=O) groups excluding carboxylic acids is 1. The molecule has 1 unspecified atom stereocenters. The maximum atomic E-state index is 11.9. The van der Waals surface area contributed by atoms with Crippen LogP contribution >= 0.6 is 0 Å². The van der Waals surface area contributed by atoms with Gasteiger partial charge < -0.3 is 9.73 Å². The summed E-state index contributed by atoms with van der Waals surface area (Å²) in [6.45, 7) is 6.35. The Morgan fingerprint density at radius 3 is 2.79 bits per heavy atom. The van der Waals surface area contributed by atoms with Crippen molar-refractivity contribution in [1.29, 1.82) is 5.26 Å². The number of likely N-dealkylation sites (N-methyl/N-ethyl adjacent to an activating group) is 1. The SMILES string of the molecule is CC(C)C(C)(C#N)NC(=O)CN(C)Cc1ccco1. The molecule has 1 aromatic rings. The molecule has 0 saturated heterocycles. The first-order valence-electron chi connectivity index (χ1n) is 6.30. The van der Waals surface area contributed by atoms with Crippen molar-refractivity contribution in [2.75, 3.05) is 13.6 Å². The predicted molar refractivity (Wildman–Crippen MR) is 72.0 cm³/mol. The van der Waals surface area contributed by atoms with Gasteiger partial charge in [-0.05, 0) is 32.0 Å². The molecule has 1 heterocycles. The molecule has 0 bridgehead atoms. The van der Waals surface area contributed by atoms with E-state index in [2.05, 4.69) is 11.4 Å². The van der Waals surface area contributed by atoms with Gasteiger partial charge in [-0.25, -0.2) is 0 Å². The molecule has 0 aliphatic heterocycles. The maximum absolute atomic E-state index is 11.9. The first-order chi connectivity index (χ1) is 8.87. The Kier molecular flexibility index (Phi) is 5.13. The average Bonchev–Trinajstić information content (AvgIpc) is 2.80. The van der Waals surface area contributed by atoms with E-state index in [1.807, 2.05) is 37.9 Å². The van der Waals surface area contributed by atoms with Gasteiger partial charge in [0.05, 0.1) is 25.4 Å². The van der Waals surface area contributed by atoms with Crippen LogP contribution in [0.5, 0.6) is 0 Å². The number of rotatable bonds is 6. The first kappa shape index (κ1) is 15.3. The minimum Gasteiger partial charge on any atom is -0.468 e. The van der Waals surface area contributed by atoms with E-state index in [1.165, 1.54) is 0 Å². The molecule has 19 heavy (non-hydrogen) atoms. The van der Waals surface area contributed by atoms with Crippen LogP contribution in [-0.4, -0.2) is 29.9 Å². The third-order valence-electron chi connectivity index (χ3n) is 3.21. The lowest BCUT2D eigenvalue weighted by atomic mass is 9.90. The normalized spacial score (nSPS) is 14.2. The average molecular weight is 263 g/mol. The number of amides is 1. The molecule has 1 N–H and O–H groups in total. The van der Waals surface area contributed by atoms with Crippen molar-refractivity contribution in [1.82, 2.24) is 10.2 Å². The molecule has 1 amide bonds. The lowest BCUT2D eigenvalue weighted by Crippen LogP contribution is -2.51. The van der Waals surface area contributed by atoms with E-state index in [4.69, 9.17) is 9.68 Å². The molecule has 5 heteroatoms. The van der Waals surface area contributed by atoms with Crippen LogP contribution in [0.4, 0.5) is 0 Å². The summed E-state index contributed by atoms with van der Waals surface area (Å²) in [5.41, 5.74) is -0.831. The fourth-order valence-corrected chi connectivity index (χ4v) is 1.60. The van der Waals surface area contributed by atoms with Crippen molar-refractivity contribution in [2.45, 2.75) is 32.9 Å². The zero-order chi connectivity index (χ0) is 14.5. The zero-order valence-electron chi connectivity index (χ0n) is 11.9. The van der Waals surface area contributed by atoms with Crippen LogP contribution in [0.1, 0.15) is 26.5 Å². The van der Waals surface area contributed by atoms with Gasteiger partial charge in [0.2, 0.25) is 5.91 Å². The van der Waals surface area contributed by atoms with E-state index in [0.717, 1.165) is 5.76 Å². The second-order valence-electron chi connectivity index (χ2n) is 5.27. The summed E-state index contributed by atoms with van der Waals surface area (Å²) in [4.78, 5) is 13.8. The number of hydrogen-bond acceptors (Lipinski definition) is 4. The lowest BCUT2D eigenvalue weighted by Gasteiger charge is -2.28. The molecule has 0 fully saturated rings. The van der Waals surface area contributed by atoms with Crippen molar-refractivity contribution >= 4 is 5.91 Å². The fraction of sp³-hybridized carbons (Fsp3) is 0.571. The second-order valence-corrected chi connectivity index (χ2v) is 5.27. The zero-order valence-corrected chi connectivity index (χ0v) is 11.9. The summed E-state index contributed by atoms with van der Waals surface area (Å²) in [5.74, 6) is 0.700. The predicted octanol–water partition coefficient (Wildman–Crippen LogP) is 1.77. The molecular formula is C14H21N3O2. The van der Waals surface area contributed by atoms with Crippen LogP contribution in [0.3, 0.4) is 0 Å². The molecule has 0 aliphatic carbocycles. The number of nitrogens with zero attached hydrogens (tertiary/aromatic N) is 2. The van der Waals surface area contributed by atoms with E-state index >= 15 is 0 Å². The van der Waals surface area contributed by atoms with Crippen molar-refractivity contribution < 1.29 is 9.21 Å². The molecule has 104 valence electrons. The minimum absolute atomic E-state index is 0.0526. The van der Waals surface area contributed by atoms with E-state index in [9.17, 15) is 4.79 Å². The Morgan fingerprint density at radius 2 is 2.32 bits per heavy atom. The molecule has 0 aromatic carbocycles. The maximum Gasteiger partial charge on any atom is 0.235 e. The van der Waals surface area contributed by atoms with Crippen LogP contribution in [0.25, 0.3) is 0 Å². The summed E-state index contributed by atoms with van der Waals surface area (Å²) in [6.07, 6.45) is 1.61. The highest BCUT2D eigenvalue weighted by atomic mass is 16.3. The molecule has 0 aliphatic rings. The number of furan rings is 1. The third kappa shape index (κ3) is 4.42. The highest BCUT2D eigenvalue weighted by Crippen LogP contribution is 2.15. The summed E-state index contributed by atoms with van der Waals surface area (Å²) < 4.78 is 5.22. The Hall–Kier alpha value is -1.80. The van der Waals surface area contributed by atoms with Crippen LogP contribution in [0.15, 0.2) is 22.8 Å². The van der Waals surface area contributed by atoms with E-state index in [-0.39, 0.29) is 18.4 Å². The molecule has 1 aromatic heterocycles. The molecule has 0 saturated carbocycles. The Morgan fingerprint density at radius 1 is 1.63 bits per heavy atom. The van der Waals surface area contributed by atoms with E-state index in [1.54, 1.807) is 13.2 Å². The highest BCUT2D eigenvalue weighted by molar-refractivity contribution is 5.79. The van der Waals surface area contributed by atoms with Gasteiger partial charge in [-0.15, -0.1) is 0 Å². The van der Waals surface area contributed by atoms with Gasteiger partial charge in [0.15, 0.2) is 0 Å². The van der Waals surface area contributed by atoms with Gasteiger partial charge in [-0.3, -0.25) is 9.69 Å². The Labute approximate surface area is 114 Å². The van der Waals surface area contributed by atoms with Crippen molar-refractivity contribution in [3.63, 3.8) is 0 Å². The molecule has 0 spiro atoms. The van der Waals surface area contributed by atoms with Crippen molar-refractivity contribution in [2.24, 2.45) is 5.92 Å². The molecule has 0 radical (unpaired) electrons. The van der Waals surface area contributed by atoms with Gasteiger partial charge in [0, 0.05) is 0 Å². The molecule has 5 nitrogen and oxygen atoms in total. The largest absolute Gasteiger partial charge is 0.468 e. The van der Waals surface area contributed by atoms with Gasteiger partial charge in [0.1, 0.15) is 11.3 Å². The number of nitriles is 1. The summed E-state index contributed by atoms with van der Waals surface area (Å²) >= 11 is 0. The van der Waals surface area contributed by atoms with E-state index < -0.39 is 5.54 Å². The topological polar surface area (TPSA) is 69.3 Å². The highest BCUT2D eigenvalue weighted by Gasteiger charge is 2.30. The standard InChI is InChI=1S/C14H21N3O2/c1-11(2)14(3,10-15)16-13(18)9-17(4)8-12-6-5-7-19-12/h5-7,11H,8-9H2,1-4H3,(H,16,18). The molecular weight excluding hydrogens is 242 g/mol. The first-order valence-corrected chi connectivity index (χ1v) is 6.30. The van der Waals surface area contributed by atoms with Gasteiger partial charge in [-0.2, -0.15) is 5.26 Å². The van der Waals surface area contributed by atoms with Crippen LogP contribution in [0.2, 0.25) is 0 Å². The molecule has 1 rings (SSSR count). The monoisotopic (exact) mass is 263 g/mol. The van der Waals surface area contributed by atoms with E-state index in [0.29, 0.717) is 6.54 Å². The summed E-state index contributed by atoms with van der Waals surface area (Å²) in [5, 5.41) is 11.9. The van der Waals surface area contributed by atoms with Gasteiger partial charge in [0.25, 0.3) is 0 Å². The smallest absolute Gasteiger partial charge is 0.235 e. The van der Waals surface area contributed by atoms with Crippen molar-refractivity contribution in [3.05, 3.63) is 24.2 Å². The summed E-state index contributed by atoms with van der Waals surface area (Å²) in [7, 11) is 1.83. The van der Waals surface area contributed by atoms with Gasteiger partial charge >= 0.3 is 0 Å². The minimum atomic E-state index is -0.831. The number of nitrogens with one attached hydrogen (secondary N) is 1. The summed E-state index contributed by atoms with van der Waals surface area (Å²) in [6, 6.07) is 5.84. The Balaban J connectivity index is 2.49. The number of hydrogen-bond donors (Lipinski definition) is 1. The van der Waals surface area contributed by atoms with Crippen molar-refractivity contribution in [3.8, 4) is 6.07 Å². The van der Waals surface area contributed by atoms with Crippen LogP contribution in [0, 0.1) is 17.2 Å². The third-order valence-corrected chi connectivity index (χ3v) is 3.21. The lowest BCUT2D eigenvalue weighted by molar-refractivity contribution is -0.123. The van der Waals surface area contributed by atoms with Gasteiger partial charge in [-0.1, -0.05) is 13.8 Å². The number of carbonyl (C=O) groups is 1. The second kappa shape index (κ2) is 6.39. The Bertz CT molecular complexity index is 448. The fourth-order valence-electron chi connectivity index (χ4n) is 1.60. The molecule has 1 atom stereocenters. The quantitative estimate of drug-likeness (QED) is 0.849. The van der Waals surface area contributed by atoms with Crippen LogP contribution < -0.4 is 5.32 Å².